The van der Waals surface area contributed by atoms with Gasteiger partial charge >= 0.3 is 0 Å². The molecule has 0 heterocycles. The van der Waals surface area contributed by atoms with E-state index in [1.807, 2.05) is 13.8 Å². The second-order valence-electron chi connectivity index (χ2n) is 4.26. The number of aliphatic hydroxyl groups excluding tert-OH is 1. The summed E-state index contributed by atoms with van der Waals surface area (Å²) in [5.41, 5.74) is -0.0335. The van der Waals surface area contributed by atoms with Gasteiger partial charge in [0.1, 0.15) is 5.82 Å². The first-order valence-corrected chi connectivity index (χ1v) is 6.67. The Labute approximate surface area is 115 Å². The number of amides is 1. The Morgan fingerprint density at radius 3 is 2.78 bits per heavy atom. The lowest BCUT2D eigenvalue weighted by atomic mass is 10.0. The second-order valence-corrected chi connectivity index (χ2v) is 5.11. The molecule has 0 aliphatic heterocycles. The third-order valence-corrected chi connectivity index (χ3v) is 3.62. The number of hydrogen-bond acceptors (Lipinski definition) is 2. The van der Waals surface area contributed by atoms with Crippen LogP contribution >= 0.6 is 15.9 Å². The van der Waals surface area contributed by atoms with E-state index in [-0.39, 0.29) is 18.0 Å². The average molecular weight is 318 g/mol. The van der Waals surface area contributed by atoms with Crippen LogP contribution in [-0.2, 0) is 0 Å². The van der Waals surface area contributed by atoms with Crippen molar-refractivity contribution in [1.82, 2.24) is 5.32 Å². The van der Waals surface area contributed by atoms with Gasteiger partial charge in [0.05, 0.1) is 11.7 Å². The van der Waals surface area contributed by atoms with Crippen molar-refractivity contribution >= 4 is 21.8 Å². The summed E-state index contributed by atoms with van der Waals surface area (Å²) in [7, 11) is 0. The van der Waals surface area contributed by atoms with Crippen LogP contribution in [0.5, 0.6) is 0 Å². The van der Waals surface area contributed by atoms with E-state index < -0.39 is 17.8 Å². The van der Waals surface area contributed by atoms with Gasteiger partial charge in [0.15, 0.2) is 0 Å². The molecule has 2 N–H and O–H groups in total. The number of carbonyl (C=O) groups excluding carboxylic acids is 1. The first-order valence-electron chi connectivity index (χ1n) is 5.87. The molecule has 0 aromatic heterocycles. The summed E-state index contributed by atoms with van der Waals surface area (Å²) in [4.78, 5) is 11.8. The Bertz CT molecular complexity index is 405. The van der Waals surface area contributed by atoms with Gasteiger partial charge in [0.2, 0.25) is 0 Å². The maximum absolute atomic E-state index is 13.5. The highest BCUT2D eigenvalue weighted by Crippen LogP contribution is 2.19. The van der Waals surface area contributed by atoms with Crippen molar-refractivity contribution in [3.8, 4) is 0 Å². The largest absolute Gasteiger partial charge is 0.391 e. The standard InChI is InChI=1S/C13H17BrFNO2/c1-3-8(2)11(17)7-16-13(18)12-9(14)5-4-6-10(12)15/h4-6,8,11,17H,3,7H2,1-2H3,(H,16,18). The molecule has 0 spiro atoms. The summed E-state index contributed by atoms with van der Waals surface area (Å²) in [6, 6.07) is 4.35. The van der Waals surface area contributed by atoms with Crippen molar-refractivity contribution in [3.05, 3.63) is 34.1 Å². The molecule has 2 atom stereocenters. The number of carbonyl (C=O) groups is 1. The van der Waals surface area contributed by atoms with E-state index in [2.05, 4.69) is 21.2 Å². The number of benzene rings is 1. The van der Waals surface area contributed by atoms with Gasteiger partial charge in [-0.1, -0.05) is 26.3 Å². The van der Waals surface area contributed by atoms with E-state index in [0.717, 1.165) is 6.42 Å². The molecule has 3 nitrogen and oxygen atoms in total. The average Bonchev–Trinajstić information content (AvgIpc) is 2.34. The predicted octanol–water partition coefficient (Wildman–Crippen LogP) is 2.73. The summed E-state index contributed by atoms with van der Waals surface area (Å²) in [6.45, 7) is 3.98. The normalized spacial score (nSPS) is 14.1. The van der Waals surface area contributed by atoms with E-state index in [9.17, 15) is 14.3 Å². The lowest BCUT2D eigenvalue weighted by Crippen LogP contribution is -2.35. The van der Waals surface area contributed by atoms with Gasteiger partial charge in [0.25, 0.3) is 5.91 Å². The van der Waals surface area contributed by atoms with E-state index in [1.165, 1.54) is 12.1 Å². The highest BCUT2D eigenvalue weighted by Gasteiger charge is 2.18. The van der Waals surface area contributed by atoms with Gasteiger partial charge in [-0.05, 0) is 34.0 Å². The van der Waals surface area contributed by atoms with Crippen molar-refractivity contribution in [2.45, 2.75) is 26.4 Å². The fraction of sp³-hybridized carbons (Fsp3) is 0.462. The molecule has 1 aromatic carbocycles. The smallest absolute Gasteiger partial charge is 0.255 e. The molecule has 100 valence electrons. The number of hydrogen-bond donors (Lipinski definition) is 2. The Kier molecular flexibility index (Phi) is 5.75. The third-order valence-electron chi connectivity index (χ3n) is 2.96. The molecule has 18 heavy (non-hydrogen) atoms. The molecule has 0 radical (unpaired) electrons. The zero-order valence-corrected chi connectivity index (χ0v) is 12.0. The van der Waals surface area contributed by atoms with Crippen molar-refractivity contribution in [2.75, 3.05) is 6.54 Å². The molecule has 1 amide bonds. The first kappa shape index (κ1) is 15.1. The molecule has 0 bridgehead atoms. The molecule has 5 heteroatoms. The van der Waals surface area contributed by atoms with Crippen LogP contribution in [0.25, 0.3) is 0 Å². The maximum atomic E-state index is 13.5. The summed E-state index contributed by atoms with van der Waals surface area (Å²) in [6.07, 6.45) is 0.199. The third kappa shape index (κ3) is 3.78. The quantitative estimate of drug-likeness (QED) is 0.877. The highest BCUT2D eigenvalue weighted by atomic mass is 79.9. The van der Waals surface area contributed by atoms with Crippen LogP contribution in [0.1, 0.15) is 30.6 Å². The van der Waals surface area contributed by atoms with Crippen molar-refractivity contribution < 1.29 is 14.3 Å². The zero-order chi connectivity index (χ0) is 13.7. The lowest BCUT2D eigenvalue weighted by Gasteiger charge is -2.17. The topological polar surface area (TPSA) is 49.3 Å². The first-order chi connectivity index (χ1) is 8.47. The van der Waals surface area contributed by atoms with Gasteiger partial charge in [-0.3, -0.25) is 4.79 Å². The molecule has 0 aliphatic rings. The Balaban J connectivity index is 2.66. The number of aliphatic hydroxyl groups is 1. The predicted molar refractivity (Wildman–Crippen MR) is 71.9 cm³/mol. The van der Waals surface area contributed by atoms with Crippen LogP contribution in [0.15, 0.2) is 22.7 Å². The molecule has 2 unspecified atom stereocenters. The lowest BCUT2D eigenvalue weighted by molar-refractivity contribution is 0.0846. The summed E-state index contributed by atoms with van der Waals surface area (Å²) >= 11 is 3.13. The summed E-state index contributed by atoms with van der Waals surface area (Å²) in [5, 5.41) is 12.3. The van der Waals surface area contributed by atoms with Gasteiger partial charge in [0, 0.05) is 11.0 Å². The van der Waals surface area contributed by atoms with Crippen LogP contribution in [0.3, 0.4) is 0 Å². The Morgan fingerprint density at radius 1 is 1.56 bits per heavy atom. The van der Waals surface area contributed by atoms with E-state index in [4.69, 9.17) is 0 Å². The SMILES string of the molecule is CCC(C)C(O)CNC(=O)c1c(F)cccc1Br. The molecule has 0 fully saturated rings. The molecular weight excluding hydrogens is 301 g/mol. The molecule has 1 aromatic rings. The molecule has 1 rings (SSSR count). The number of rotatable bonds is 5. The molecular formula is C13H17BrFNO2. The Hall–Kier alpha value is -0.940. The Morgan fingerprint density at radius 2 is 2.22 bits per heavy atom. The maximum Gasteiger partial charge on any atom is 0.255 e. The molecule has 0 aliphatic carbocycles. The second kappa shape index (κ2) is 6.85. The highest BCUT2D eigenvalue weighted by molar-refractivity contribution is 9.10. The van der Waals surface area contributed by atoms with Gasteiger partial charge in [-0.2, -0.15) is 0 Å². The van der Waals surface area contributed by atoms with Crippen molar-refractivity contribution in [1.29, 1.82) is 0 Å². The minimum Gasteiger partial charge on any atom is -0.391 e. The fourth-order valence-electron chi connectivity index (χ4n) is 1.47. The van der Waals surface area contributed by atoms with Crippen LogP contribution < -0.4 is 5.32 Å². The number of nitrogens with one attached hydrogen (secondary N) is 1. The van der Waals surface area contributed by atoms with Gasteiger partial charge < -0.3 is 10.4 Å². The summed E-state index contributed by atoms with van der Waals surface area (Å²) in [5.74, 6) is -1.02. The molecule has 0 saturated heterocycles. The minimum absolute atomic E-state index is 0.0335. The van der Waals surface area contributed by atoms with Gasteiger partial charge in [-0.25, -0.2) is 4.39 Å². The van der Waals surface area contributed by atoms with Crippen molar-refractivity contribution in [2.24, 2.45) is 5.92 Å². The fourth-order valence-corrected chi connectivity index (χ4v) is 2.00. The van der Waals surface area contributed by atoms with Crippen molar-refractivity contribution in [3.63, 3.8) is 0 Å². The zero-order valence-electron chi connectivity index (χ0n) is 10.4. The van der Waals surface area contributed by atoms with E-state index >= 15 is 0 Å². The van der Waals surface area contributed by atoms with E-state index in [0.29, 0.717) is 4.47 Å². The van der Waals surface area contributed by atoms with Crippen LogP contribution in [0, 0.1) is 11.7 Å². The van der Waals surface area contributed by atoms with E-state index in [1.54, 1.807) is 6.07 Å². The number of halogens is 2. The van der Waals surface area contributed by atoms with Crippen LogP contribution in [-0.4, -0.2) is 23.7 Å². The summed E-state index contributed by atoms with van der Waals surface area (Å²) < 4.78 is 13.9. The minimum atomic E-state index is -0.621. The molecule has 0 saturated carbocycles. The monoisotopic (exact) mass is 317 g/mol. The van der Waals surface area contributed by atoms with Crippen LogP contribution in [0.2, 0.25) is 0 Å². The van der Waals surface area contributed by atoms with Crippen LogP contribution in [0.4, 0.5) is 4.39 Å². The van der Waals surface area contributed by atoms with Gasteiger partial charge in [-0.15, -0.1) is 0 Å².